The zero-order valence-electron chi connectivity index (χ0n) is 12.6. The number of para-hydroxylation sites is 1. The van der Waals surface area contributed by atoms with E-state index in [0.717, 1.165) is 18.5 Å². The molecule has 1 aromatic carbocycles. The third-order valence-corrected chi connectivity index (χ3v) is 2.77. The molecule has 1 rings (SSSR count). The lowest BCUT2D eigenvalue weighted by Gasteiger charge is -2.22. The van der Waals surface area contributed by atoms with Gasteiger partial charge in [-0.1, -0.05) is 31.5 Å². The summed E-state index contributed by atoms with van der Waals surface area (Å²) in [7, 11) is 0. The van der Waals surface area contributed by atoms with Crippen LogP contribution in [0.1, 0.15) is 39.7 Å². The molecule has 3 heteroatoms. The number of anilines is 1. The fraction of sp³-hybridized carbons (Fsp3) is 0.625. The molecule has 0 heterocycles. The summed E-state index contributed by atoms with van der Waals surface area (Å²) in [6.07, 6.45) is 1.68. The Balaban J connectivity index is 2.43. The first kappa shape index (κ1) is 16.0. The topological polar surface area (TPSA) is 41.5 Å². The predicted octanol–water partition coefficient (Wildman–Crippen LogP) is 3.23. The van der Waals surface area contributed by atoms with Crippen molar-refractivity contribution < 1.29 is 9.84 Å². The second-order valence-electron chi connectivity index (χ2n) is 5.87. The van der Waals surface area contributed by atoms with Crippen LogP contribution in [0, 0.1) is 0 Å². The Morgan fingerprint density at radius 2 is 1.95 bits per heavy atom. The van der Waals surface area contributed by atoms with E-state index in [9.17, 15) is 5.11 Å². The van der Waals surface area contributed by atoms with E-state index in [1.165, 1.54) is 5.56 Å². The molecule has 0 aliphatic rings. The standard InChI is InChI=1S/C16H27NO2/c1-5-8-13-9-6-7-10-15(13)17-11-14(18)12-19-16(2,3)4/h6-7,9-10,14,17-18H,5,8,11-12H2,1-4H3. The molecule has 0 amide bonds. The van der Waals surface area contributed by atoms with E-state index >= 15 is 0 Å². The predicted molar refractivity (Wildman–Crippen MR) is 80.6 cm³/mol. The van der Waals surface area contributed by atoms with Gasteiger partial charge in [0.1, 0.15) is 0 Å². The molecule has 1 atom stereocenters. The average Bonchev–Trinajstić information content (AvgIpc) is 2.35. The van der Waals surface area contributed by atoms with Crippen molar-refractivity contribution in [1.29, 1.82) is 0 Å². The molecular weight excluding hydrogens is 238 g/mol. The summed E-state index contributed by atoms with van der Waals surface area (Å²) in [6, 6.07) is 8.25. The summed E-state index contributed by atoms with van der Waals surface area (Å²) in [5, 5.41) is 13.2. The molecule has 3 nitrogen and oxygen atoms in total. The highest BCUT2D eigenvalue weighted by Crippen LogP contribution is 2.16. The summed E-state index contributed by atoms with van der Waals surface area (Å²) < 4.78 is 5.57. The van der Waals surface area contributed by atoms with Gasteiger partial charge in [0.25, 0.3) is 0 Å². The van der Waals surface area contributed by atoms with Crippen molar-refractivity contribution in [2.75, 3.05) is 18.5 Å². The number of nitrogens with one attached hydrogen (secondary N) is 1. The SMILES string of the molecule is CCCc1ccccc1NCC(O)COC(C)(C)C. The fourth-order valence-electron chi connectivity index (χ4n) is 1.81. The number of ether oxygens (including phenoxy) is 1. The molecule has 0 saturated carbocycles. The minimum atomic E-state index is -0.492. The molecule has 1 unspecified atom stereocenters. The number of aliphatic hydroxyl groups is 1. The number of benzene rings is 1. The molecule has 2 N–H and O–H groups in total. The van der Waals surface area contributed by atoms with Crippen LogP contribution in [-0.2, 0) is 11.2 Å². The van der Waals surface area contributed by atoms with Crippen LogP contribution in [0.25, 0.3) is 0 Å². The van der Waals surface area contributed by atoms with Crippen LogP contribution in [0.2, 0.25) is 0 Å². The maximum Gasteiger partial charge on any atom is 0.0945 e. The van der Waals surface area contributed by atoms with E-state index < -0.39 is 6.10 Å². The minimum absolute atomic E-state index is 0.207. The summed E-state index contributed by atoms with van der Waals surface area (Å²) in [6.45, 7) is 9.00. The Kier molecular flexibility index (Phi) is 6.32. The van der Waals surface area contributed by atoms with Gasteiger partial charge in [-0.2, -0.15) is 0 Å². The Morgan fingerprint density at radius 1 is 1.26 bits per heavy atom. The van der Waals surface area contributed by atoms with Gasteiger partial charge in [-0.25, -0.2) is 0 Å². The molecule has 0 spiro atoms. The van der Waals surface area contributed by atoms with E-state index in [2.05, 4.69) is 30.4 Å². The van der Waals surface area contributed by atoms with E-state index in [0.29, 0.717) is 13.2 Å². The van der Waals surface area contributed by atoms with Crippen molar-refractivity contribution in [1.82, 2.24) is 0 Å². The first-order chi connectivity index (χ1) is 8.92. The normalized spacial score (nSPS) is 13.3. The molecule has 0 bridgehead atoms. The Morgan fingerprint density at radius 3 is 2.58 bits per heavy atom. The number of hydrogen-bond donors (Lipinski definition) is 2. The van der Waals surface area contributed by atoms with Crippen LogP contribution in [0.4, 0.5) is 5.69 Å². The smallest absolute Gasteiger partial charge is 0.0945 e. The minimum Gasteiger partial charge on any atom is -0.389 e. The van der Waals surface area contributed by atoms with E-state index in [-0.39, 0.29) is 5.60 Å². The quantitative estimate of drug-likeness (QED) is 0.795. The van der Waals surface area contributed by atoms with Gasteiger partial charge in [0.2, 0.25) is 0 Å². The van der Waals surface area contributed by atoms with Crippen LogP contribution >= 0.6 is 0 Å². The second kappa shape index (κ2) is 7.51. The molecule has 108 valence electrons. The number of rotatable bonds is 7. The van der Waals surface area contributed by atoms with Gasteiger partial charge in [0.05, 0.1) is 18.3 Å². The van der Waals surface area contributed by atoms with Gasteiger partial charge in [0, 0.05) is 12.2 Å². The second-order valence-corrected chi connectivity index (χ2v) is 5.87. The summed E-state index contributed by atoms with van der Waals surface area (Å²) in [4.78, 5) is 0. The zero-order chi connectivity index (χ0) is 14.3. The average molecular weight is 265 g/mol. The molecule has 0 fully saturated rings. The molecule has 0 aliphatic carbocycles. The fourth-order valence-corrected chi connectivity index (χ4v) is 1.81. The van der Waals surface area contributed by atoms with Crippen LogP contribution in [0.3, 0.4) is 0 Å². The first-order valence-corrected chi connectivity index (χ1v) is 7.06. The lowest BCUT2D eigenvalue weighted by molar-refractivity contribution is -0.0449. The lowest BCUT2D eigenvalue weighted by atomic mass is 10.1. The number of hydrogen-bond acceptors (Lipinski definition) is 3. The molecule has 19 heavy (non-hydrogen) atoms. The van der Waals surface area contributed by atoms with Crippen molar-refractivity contribution >= 4 is 5.69 Å². The molecule has 0 aromatic heterocycles. The highest BCUT2D eigenvalue weighted by atomic mass is 16.5. The van der Waals surface area contributed by atoms with Crippen LogP contribution in [0.5, 0.6) is 0 Å². The van der Waals surface area contributed by atoms with Crippen molar-refractivity contribution in [3.63, 3.8) is 0 Å². The van der Waals surface area contributed by atoms with Crippen molar-refractivity contribution in [2.24, 2.45) is 0 Å². The maximum absolute atomic E-state index is 9.91. The molecule has 0 aliphatic heterocycles. The molecule has 1 aromatic rings. The van der Waals surface area contributed by atoms with Crippen LogP contribution in [0.15, 0.2) is 24.3 Å². The van der Waals surface area contributed by atoms with Crippen molar-refractivity contribution in [3.8, 4) is 0 Å². The lowest BCUT2D eigenvalue weighted by Crippen LogP contribution is -2.30. The third-order valence-electron chi connectivity index (χ3n) is 2.77. The van der Waals surface area contributed by atoms with Gasteiger partial charge in [-0.3, -0.25) is 0 Å². The van der Waals surface area contributed by atoms with Crippen LogP contribution in [-0.4, -0.2) is 30.0 Å². The van der Waals surface area contributed by atoms with E-state index in [4.69, 9.17) is 4.74 Å². The molecular formula is C16H27NO2. The van der Waals surface area contributed by atoms with E-state index in [1.54, 1.807) is 0 Å². The molecule has 0 saturated heterocycles. The Labute approximate surface area is 117 Å². The Hall–Kier alpha value is -1.06. The highest BCUT2D eigenvalue weighted by molar-refractivity contribution is 5.51. The monoisotopic (exact) mass is 265 g/mol. The van der Waals surface area contributed by atoms with E-state index in [1.807, 2.05) is 26.8 Å². The van der Waals surface area contributed by atoms with Gasteiger partial charge in [0.15, 0.2) is 0 Å². The van der Waals surface area contributed by atoms with Gasteiger partial charge in [-0.05, 0) is 38.8 Å². The van der Waals surface area contributed by atoms with Gasteiger partial charge < -0.3 is 15.2 Å². The summed E-state index contributed by atoms with van der Waals surface area (Å²) in [5.74, 6) is 0. The largest absolute Gasteiger partial charge is 0.389 e. The number of aliphatic hydroxyl groups excluding tert-OH is 1. The highest BCUT2D eigenvalue weighted by Gasteiger charge is 2.13. The van der Waals surface area contributed by atoms with Crippen LogP contribution < -0.4 is 5.32 Å². The number of aryl methyl sites for hydroxylation is 1. The summed E-state index contributed by atoms with van der Waals surface area (Å²) in [5.41, 5.74) is 2.20. The van der Waals surface area contributed by atoms with Crippen molar-refractivity contribution in [3.05, 3.63) is 29.8 Å². The molecule has 0 radical (unpaired) electrons. The third kappa shape index (κ3) is 6.60. The van der Waals surface area contributed by atoms with Gasteiger partial charge in [-0.15, -0.1) is 0 Å². The zero-order valence-corrected chi connectivity index (χ0v) is 12.6. The van der Waals surface area contributed by atoms with Gasteiger partial charge >= 0.3 is 0 Å². The summed E-state index contributed by atoms with van der Waals surface area (Å²) >= 11 is 0. The maximum atomic E-state index is 9.91. The van der Waals surface area contributed by atoms with Crippen molar-refractivity contribution in [2.45, 2.75) is 52.2 Å². The Bertz CT molecular complexity index is 371. The first-order valence-electron chi connectivity index (χ1n) is 7.06.